The number of alkyl halides is 1. The Labute approximate surface area is 102 Å². The minimum atomic E-state index is 0.0738. The van der Waals surface area contributed by atoms with Crippen LogP contribution < -0.4 is 5.32 Å². The highest BCUT2D eigenvalue weighted by Crippen LogP contribution is 2.11. The third-order valence-corrected chi connectivity index (χ3v) is 2.73. The van der Waals surface area contributed by atoms with Crippen molar-refractivity contribution in [1.29, 1.82) is 0 Å². The Kier molecular flexibility index (Phi) is 5.94. The van der Waals surface area contributed by atoms with E-state index in [9.17, 15) is 4.79 Å². The Morgan fingerprint density at radius 2 is 2.00 bits per heavy atom. The minimum absolute atomic E-state index is 0.0738. The smallest absolute Gasteiger partial charge is 0.220 e. The van der Waals surface area contributed by atoms with E-state index in [-0.39, 0.29) is 11.9 Å². The maximum atomic E-state index is 11.5. The summed E-state index contributed by atoms with van der Waals surface area (Å²) in [5, 5.41) is 2.97. The van der Waals surface area contributed by atoms with Crippen molar-refractivity contribution in [3.63, 3.8) is 0 Å². The molecule has 1 aromatic rings. The highest BCUT2D eigenvalue weighted by Gasteiger charge is 2.08. The van der Waals surface area contributed by atoms with Gasteiger partial charge in [-0.2, -0.15) is 0 Å². The van der Waals surface area contributed by atoms with Gasteiger partial charge >= 0.3 is 0 Å². The SMILES string of the molecule is C[C@H](NC(=O)CCCCCl)c1ccccc1. The van der Waals surface area contributed by atoms with Crippen molar-refractivity contribution in [1.82, 2.24) is 5.32 Å². The Bertz CT molecular complexity index is 313. The summed E-state index contributed by atoms with van der Waals surface area (Å²) in [7, 11) is 0. The zero-order chi connectivity index (χ0) is 11.8. The van der Waals surface area contributed by atoms with Gasteiger partial charge in [-0.1, -0.05) is 30.3 Å². The van der Waals surface area contributed by atoms with Crippen LogP contribution in [0.5, 0.6) is 0 Å². The molecule has 0 aliphatic rings. The number of carbonyl (C=O) groups excluding carboxylic acids is 1. The summed E-state index contributed by atoms with van der Waals surface area (Å²) in [4.78, 5) is 11.5. The maximum Gasteiger partial charge on any atom is 0.220 e. The first-order chi connectivity index (χ1) is 7.74. The van der Waals surface area contributed by atoms with Crippen LogP contribution in [0.2, 0.25) is 0 Å². The molecule has 0 radical (unpaired) electrons. The first kappa shape index (κ1) is 13.0. The topological polar surface area (TPSA) is 29.1 Å². The van der Waals surface area contributed by atoms with Crippen LogP contribution in [0.15, 0.2) is 30.3 Å². The lowest BCUT2D eigenvalue weighted by molar-refractivity contribution is -0.121. The molecule has 1 amide bonds. The van der Waals surface area contributed by atoms with Crippen LogP contribution in [0.4, 0.5) is 0 Å². The summed E-state index contributed by atoms with van der Waals surface area (Å²) in [5.74, 6) is 0.725. The molecule has 16 heavy (non-hydrogen) atoms. The second-order valence-corrected chi connectivity index (χ2v) is 4.22. The van der Waals surface area contributed by atoms with Gasteiger partial charge in [-0.15, -0.1) is 11.6 Å². The first-order valence-corrected chi connectivity index (χ1v) is 6.17. The fourth-order valence-electron chi connectivity index (χ4n) is 1.52. The number of hydrogen-bond donors (Lipinski definition) is 1. The molecule has 1 rings (SSSR count). The number of unbranched alkanes of at least 4 members (excludes halogenated alkanes) is 1. The molecule has 88 valence electrons. The number of hydrogen-bond acceptors (Lipinski definition) is 1. The summed E-state index contributed by atoms with van der Waals surface area (Å²) < 4.78 is 0. The van der Waals surface area contributed by atoms with Crippen molar-refractivity contribution in [2.24, 2.45) is 0 Å². The number of benzene rings is 1. The fraction of sp³-hybridized carbons (Fsp3) is 0.462. The molecule has 0 fully saturated rings. The molecule has 2 nitrogen and oxygen atoms in total. The van der Waals surface area contributed by atoms with Crippen LogP contribution in [0.25, 0.3) is 0 Å². The summed E-state index contributed by atoms with van der Waals surface area (Å²) in [6.07, 6.45) is 2.31. The van der Waals surface area contributed by atoms with Crippen molar-refractivity contribution in [3.05, 3.63) is 35.9 Å². The van der Waals surface area contributed by atoms with E-state index in [1.54, 1.807) is 0 Å². The Morgan fingerprint density at radius 1 is 1.31 bits per heavy atom. The van der Waals surface area contributed by atoms with Crippen molar-refractivity contribution >= 4 is 17.5 Å². The molecule has 0 aromatic heterocycles. The first-order valence-electron chi connectivity index (χ1n) is 5.64. The molecule has 0 heterocycles. The van der Waals surface area contributed by atoms with Crippen LogP contribution in [0.1, 0.15) is 37.8 Å². The number of amides is 1. The van der Waals surface area contributed by atoms with Gasteiger partial charge in [0, 0.05) is 12.3 Å². The standard InChI is InChI=1S/C13H18ClNO/c1-11(12-7-3-2-4-8-12)15-13(16)9-5-6-10-14/h2-4,7-8,11H,5-6,9-10H2,1H3,(H,15,16)/t11-/m0/s1. The van der Waals surface area contributed by atoms with Gasteiger partial charge in [-0.25, -0.2) is 0 Å². The van der Waals surface area contributed by atoms with Crippen molar-refractivity contribution in [2.45, 2.75) is 32.2 Å². The van der Waals surface area contributed by atoms with Gasteiger partial charge in [0.05, 0.1) is 6.04 Å². The summed E-state index contributed by atoms with van der Waals surface area (Å²) in [5.41, 5.74) is 1.13. The Morgan fingerprint density at radius 3 is 2.62 bits per heavy atom. The van der Waals surface area contributed by atoms with Gasteiger partial charge in [0.1, 0.15) is 0 Å². The highest BCUT2D eigenvalue weighted by atomic mass is 35.5. The van der Waals surface area contributed by atoms with E-state index >= 15 is 0 Å². The molecule has 0 saturated heterocycles. The second kappa shape index (κ2) is 7.29. The monoisotopic (exact) mass is 239 g/mol. The molecular formula is C13H18ClNO. The Hall–Kier alpha value is -1.02. The van der Waals surface area contributed by atoms with E-state index in [1.807, 2.05) is 37.3 Å². The van der Waals surface area contributed by atoms with E-state index in [0.717, 1.165) is 18.4 Å². The predicted octanol–water partition coefficient (Wildman–Crippen LogP) is 3.27. The number of carbonyl (C=O) groups is 1. The lowest BCUT2D eigenvalue weighted by Crippen LogP contribution is -2.26. The van der Waals surface area contributed by atoms with Crippen LogP contribution in [0, 0.1) is 0 Å². The third kappa shape index (κ3) is 4.67. The molecule has 1 atom stereocenters. The van der Waals surface area contributed by atoms with Gasteiger partial charge < -0.3 is 5.32 Å². The third-order valence-electron chi connectivity index (χ3n) is 2.46. The lowest BCUT2D eigenvalue weighted by Gasteiger charge is -2.13. The number of nitrogens with one attached hydrogen (secondary N) is 1. The molecular weight excluding hydrogens is 222 g/mol. The number of halogens is 1. The molecule has 1 N–H and O–H groups in total. The lowest BCUT2D eigenvalue weighted by atomic mass is 10.1. The molecule has 0 aliphatic carbocycles. The van der Waals surface area contributed by atoms with Gasteiger partial charge in [0.2, 0.25) is 5.91 Å². The van der Waals surface area contributed by atoms with E-state index in [2.05, 4.69) is 5.32 Å². The number of rotatable bonds is 6. The van der Waals surface area contributed by atoms with Crippen LogP contribution in [-0.2, 0) is 4.79 Å². The molecule has 0 unspecified atom stereocenters. The van der Waals surface area contributed by atoms with E-state index in [0.29, 0.717) is 12.3 Å². The van der Waals surface area contributed by atoms with Crippen LogP contribution in [-0.4, -0.2) is 11.8 Å². The predicted molar refractivity (Wildman–Crippen MR) is 67.6 cm³/mol. The average Bonchev–Trinajstić information content (AvgIpc) is 2.30. The van der Waals surface area contributed by atoms with E-state index < -0.39 is 0 Å². The average molecular weight is 240 g/mol. The molecule has 3 heteroatoms. The fourth-order valence-corrected chi connectivity index (χ4v) is 1.71. The van der Waals surface area contributed by atoms with Crippen LogP contribution >= 0.6 is 11.6 Å². The zero-order valence-electron chi connectivity index (χ0n) is 9.58. The quantitative estimate of drug-likeness (QED) is 0.599. The summed E-state index contributed by atoms with van der Waals surface area (Å²) >= 11 is 5.55. The van der Waals surface area contributed by atoms with Crippen LogP contribution in [0.3, 0.4) is 0 Å². The van der Waals surface area contributed by atoms with E-state index in [1.165, 1.54) is 0 Å². The van der Waals surface area contributed by atoms with Gasteiger partial charge in [-0.05, 0) is 25.3 Å². The van der Waals surface area contributed by atoms with Crippen molar-refractivity contribution < 1.29 is 4.79 Å². The maximum absolute atomic E-state index is 11.5. The van der Waals surface area contributed by atoms with Crippen molar-refractivity contribution in [2.75, 3.05) is 5.88 Å². The molecule has 0 saturated carbocycles. The summed E-state index contributed by atoms with van der Waals surface area (Å²) in [6, 6.07) is 10.0. The zero-order valence-corrected chi connectivity index (χ0v) is 10.3. The normalized spacial score (nSPS) is 12.1. The van der Waals surface area contributed by atoms with Gasteiger partial charge in [-0.3, -0.25) is 4.79 Å². The largest absolute Gasteiger partial charge is 0.350 e. The molecule has 0 bridgehead atoms. The molecule has 0 aliphatic heterocycles. The van der Waals surface area contributed by atoms with E-state index in [4.69, 9.17) is 11.6 Å². The molecule has 1 aromatic carbocycles. The molecule has 0 spiro atoms. The minimum Gasteiger partial charge on any atom is -0.350 e. The second-order valence-electron chi connectivity index (χ2n) is 3.85. The van der Waals surface area contributed by atoms with Gasteiger partial charge in [0.15, 0.2) is 0 Å². The van der Waals surface area contributed by atoms with Gasteiger partial charge in [0.25, 0.3) is 0 Å². The highest BCUT2D eigenvalue weighted by molar-refractivity contribution is 6.17. The Balaban J connectivity index is 2.34. The summed E-state index contributed by atoms with van der Waals surface area (Å²) in [6.45, 7) is 1.99. The van der Waals surface area contributed by atoms with Crippen molar-refractivity contribution in [3.8, 4) is 0 Å².